The van der Waals surface area contributed by atoms with Crippen molar-refractivity contribution in [2.75, 3.05) is 23.3 Å². The van der Waals surface area contributed by atoms with Crippen molar-refractivity contribution < 1.29 is 0 Å². The molecule has 2 rings (SSSR count). The maximum absolute atomic E-state index is 5.92. The molecule has 0 aliphatic carbocycles. The summed E-state index contributed by atoms with van der Waals surface area (Å²) in [4.78, 5) is 11.1. The van der Waals surface area contributed by atoms with E-state index in [1.54, 1.807) is 0 Å². The van der Waals surface area contributed by atoms with E-state index < -0.39 is 0 Å². The molecule has 1 aromatic heterocycles. The maximum atomic E-state index is 5.92. The minimum Gasteiger partial charge on any atom is -0.368 e. The van der Waals surface area contributed by atoms with Gasteiger partial charge in [0.05, 0.1) is 0 Å². The van der Waals surface area contributed by atoms with Crippen LogP contribution in [-0.2, 0) is 0 Å². The number of rotatable bonds is 3. The van der Waals surface area contributed by atoms with E-state index in [1.165, 1.54) is 0 Å². The number of nitrogens with two attached hydrogens (primary N) is 1. The molecule has 17 heavy (non-hydrogen) atoms. The third-order valence-electron chi connectivity index (χ3n) is 2.81. The van der Waals surface area contributed by atoms with Crippen molar-refractivity contribution in [2.24, 2.45) is 5.73 Å². The van der Waals surface area contributed by atoms with Crippen LogP contribution in [-0.4, -0.2) is 35.1 Å². The fourth-order valence-corrected chi connectivity index (χ4v) is 2.08. The average molecular weight is 235 g/mol. The second-order valence-electron chi connectivity index (χ2n) is 4.95. The summed E-state index contributed by atoms with van der Waals surface area (Å²) in [6.45, 7) is 7.99. The normalized spacial score (nSPS) is 20.1. The highest BCUT2D eigenvalue weighted by molar-refractivity contribution is 5.50. The third kappa shape index (κ3) is 3.06. The van der Waals surface area contributed by atoms with Gasteiger partial charge in [-0.2, -0.15) is 0 Å². The molecule has 1 aliphatic heterocycles. The summed E-state index contributed by atoms with van der Waals surface area (Å²) in [5, 5.41) is 3.31. The number of hydrogen-bond acceptors (Lipinski definition) is 5. The number of aryl methyl sites for hydroxylation is 1. The highest BCUT2D eigenvalue weighted by atomic mass is 15.2. The average Bonchev–Trinajstić information content (AvgIpc) is 2.62. The summed E-state index contributed by atoms with van der Waals surface area (Å²) < 4.78 is 0. The number of nitrogens with one attached hydrogen (secondary N) is 1. The van der Waals surface area contributed by atoms with Crippen LogP contribution in [0.3, 0.4) is 0 Å². The van der Waals surface area contributed by atoms with Gasteiger partial charge in [0.25, 0.3) is 0 Å². The lowest BCUT2D eigenvalue weighted by Crippen LogP contribution is -2.27. The van der Waals surface area contributed by atoms with Crippen molar-refractivity contribution in [1.82, 2.24) is 9.97 Å². The van der Waals surface area contributed by atoms with Crippen LogP contribution in [0.2, 0.25) is 0 Å². The molecule has 0 bridgehead atoms. The van der Waals surface area contributed by atoms with E-state index in [-0.39, 0.29) is 6.04 Å². The van der Waals surface area contributed by atoms with Crippen LogP contribution in [0, 0.1) is 6.92 Å². The smallest absolute Gasteiger partial charge is 0.134 e. The Morgan fingerprint density at radius 2 is 2.24 bits per heavy atom. The monoisotopic (exact) mass is 235 g/mol. The van der Waals surface area contributed by atoms with Crippen LogP contribution < -0.4 is 16.0 Å². The molecule has 0 amide bonds. The zero-order valence-electron chi connectivity index (χ0n) is 10.8. The van der Waals surface area contributed by atoms with Crippen LogP contribution in [0.4, 0.5) is 11.6 Å². The van der Waals surface area contributed by atoms with Crippen molar-refractivity contribution in [3.8, 4) is 0 Å². The van der Waals surface area contributed by atoms with Crippen molar-refractivity contribution in [2.45, 2.75) is 39.3 Å². The van der Waals surface area contributed by atoms with E-state index in [9.17, 15) is 0 Å². The Hall–Kier alpha value is -1.36. The van der Waals surface area contributed by atoms with Crippen LogP contribution >= 0.6 is 0 Å². The molecule has 94 valence electrons. The van der Waals surface area contributed by atoms with Crippen molar-refractivity contribution in [1.29, 1.82) is 0 Å². The Morgan fingerprint density at radius 3 is 2.82 bits per heavy atom. The molecule has 1 aliphatic rings. The summed E-state index contributed by atoms with van der Waals surface area (Å²) >= 11 is 0. The van der Waals surface area contributed by atoms with Gasteiger partial charge < -0.3 is 16.0 Å². The molecule has 0 radical (unpaired) electrons. The molecule has 1 atom stereocenters. The number of aromatic nitrogens is 2. The zero-order chi connectivity index (χ0) is 12.4. The SMILES string of the molecule is Cc1nc(NC(C)C)cc(N2CCC(N)C2)n1. The first-order valence-corrected chi connectivity index (χ1v) is 6.17. The standard InChI is InChI=1S/C12H21N5/c1-8(2)14-11-6-12(16-9(3)15-11)17-5-4-10(13)7-17/h6,8,10H,4-5,7,13H2,1-3H3,(H,14,15,16). The van der Waals surface area contributed by atoms with Gasteiger partial charge >= 0.3 is 0 Å². The molecule has 1 aromatic rings. The zero-order valence-corrected chi connectivity index (χ0v) is 10.8. The van der Waals surface area contributed by atoms with E-state index >= 15 is 0 Å². The van der Waals surface area contributed by atoms with E-state index in [4.69, 9.17) is 5.73 Å². The Morgan fingerprint density at radius 1 is 1.47 bits per heavy atom. The Kier molecular flexibility index (Phi) is 3.47. The first-order valence-electron chi connectivity index (χ1n) is 6.17. The summed E-state index contributed by atoms with van der Waals surface area (Å²) in [5.74, 6) is 2.67. The fourth-order valence-electron chi connectivity index (χ4n) is 2.08. The predicted octanol–water partition coefficient (Wildman–Crippen LogP) is 1.14. The van der Waals surface area contributed by atoms with Crippen LogP contribution in [0.5, 0.6) is 0 Å². The van der Waals surface area contributed by atoms with Crippen molar-refractivity contribution in [3.63, 3.8) is 0 Å². The molecule has 5 nitrogen and oxygen atoms in total. The largest absolute Gasteiger partial charge is 0.368 e. The van der Waals surface area contributed by atoms with Gasteiger partial charge in [0.2, 0.25) is 0 Å². The summed E-state index contributed by atoms with van der Waals surface area (Å²) in [6, 6.07) is 2.65. The maximum Gasteiger partial charge on any atom is 0.134 e. The van der Waals surface area contributed by atoms with Gasteiger partial charge in [-0.05, 0) is 27.2 Å². The molecule has 0 saturated carbocycles. The van der Waals surface area contributed by atoms with Gasteiger partial charge in [0, 0.05) is 31.2 Å². The molecular weight excluding hydrogens is 214 g/mol. The summed E-state index contributed by atoms with van der Waals surface area (Å²) in [6.07, 6.45) is 1.04. The molecule has 3 N–H and O–H groups in total. The van der Waals surface area contributed by atoms with Gasteiger partial charge in [-0.15, -0.1) is 0 Å². The van der Waals surface area contributed by atoms with Gasteiger partial charge in [-0.1, -0.05) is 0 Å². The van der Waals surface area contributed by atoms with E-state index in [0.29, 0.717) is 6.04 Å². The summed E-state index contributed by atoms with van der Waals surface area (Å²) in [5.41, 5.74) is 5.92. The molecular formula is C12H21N5. The number of nitrogens with zero attached hydrogens (tertiary/aromatic N) is 3. The lowest BCUT2D eigenvalue weighted by Gasteiger charge is -2.19. The first-order chi connectivity index (χ1) is 8.04. The molecule has 2 heterocycles. The second-order valence-corrected chi connectivity index (χ2v) is 4.95. The van der Waals surface area contributed by atoms with Crippen LogP contribution in [0.1, 0.15) is 26.1 Å². The minimum absolute atomic E-state index is 0.270. The van der Waals surface area contributed by atoms with E-state index in [1.807, 2.05) is 13.0 Å². The number of anilines is 2. The second kappa shape index (κ2) is 4.87. The lowest BCUT2D eigenvalue weighted by molar-refractivity contribution is 0.751. The quantitative estimate of drug-likeness (QED) is 0.822. The summed E-state index contributed by atoms with van der Waals surface area (Å²) in [7, 11) is 0. The Balaban J connectivity index is 2.19. The molecule has 1 unspecified atom stereocenters. The Bertz CT molecular complexity index is 390. The van der Waals surface area contributed by atoms with Crippen LogP contribution in [0.25, 0.3) is 0 Å². The van der Waals surface area contributed by atoms with Gasteiger partial charge in [-0.25, -0.2) is 9.97 Å². The van der Waals surface area contributed by atoms with Gasteiger partial charge in [-0.3, -0.25) is 0 Å². The predicted molar refractivity (Wildman–Crippen MR) is 70.3 cm³/mol. The third-order valence-corrected chi connectivity index (χ3v) is 2.81. The van der Waals surface area contributed by atoms with Gasteiger partial charge in [0.1, 0.15) is 17.5 Å². The molecule has 1 saturated heterocycles. The van der Waals surface area contributed by atoms with E-state index in [0.717, 1.165) is 37.0 Å². The lowest BCUT2D eigenvalue weighted by atomic mass is 10.3. The molecule has 0 spiro atoms. The number of hydrogen-bond donors (Lipinski definition) is 2. The van der Waals surface area contributed by atoms with Crippen molar-refractivity contribution in [3.05, 3.63) is 11.9 Å². The molecule has 5 heteroatoms. The van der Waals surface area contributed by atoms with Gasteiger partial charge in [0.15, 0.2) is 0 Å². The minimum atomic E-state index is 0.270. The fraction of sp³-hybridized carbons (Fsp3) is 0.667. The molecule has 0 aromatic carbocycles. The van der Waals surface area contributed by atoms with Crippen molar-refractivity contribution >= 4 is 11.6 Å². The highest BCUT2D eigenvalue weighted by Crippen LogP contribution is 2.20. The first kappa shape index (κ1) is 12.1. The van der Waals surface area contributed by atoms with E-state index in [2.05, 4.69) is 34.0 Å². The topological polar surface area (TPSA) is 67.1 Å². The van der Waals surface area contributed by atoms with Crippen LogP contribution in [0.15, 0.2) is 6.07 Å². The molecule has 1 fully saturated rings. The Labute approximate surface area is 102 Å². The highest BCUT2D eigenvalue weighted by Gasteiger charge is 2.21.